The van der Waals surface area contributed by atoms with Gasteiger partial charge in [0.05, 0.1) is 25.9 Å². The second kappa shape index (κ2) is 60.1. The third kappa shape index (κ3) is 46.2. The minimum absolute atomic E-state index is 0.216. The van der Waals surface area contributed by atoms with Gasteiger partial charge in [0, 0.05) is 26.9 Å². The fourth-order valence-corrected chi connectivity index (χ4v) is 14.4. The van der Waals surface area contributed by atoms with Crippen molar-refractivity contribution in [2.45, 2.75) is 415 Å². The fourth-order valence-electron chi connectivity index (χ4n) is 13.1. The number of benzene rings is 1. The van der Waals surface area contributed by atoms with Gasteiger partial charge in [-0.25, -0.2) is 0 Å². The van der Waals surface area contributed by atoms with Crippen LogP contribution in [0.1, 0.15) is 430 Å². The Bertz CT molecular complexity index is 1620. The normalized spacial score (nSPS) is 12.7. The van der Waals surface area contributed by atoms with E-state index in [2.05, 4.69) is 20.8 Å². The molecule has 0 aliphatic heterocycles. The summed E-state index contributed by atoms with van der Waals surface area (Å²) in [6, 6.07) is 0. The van der Waals surface area contributed by atoms with E-state index in [1.54, 1.807) is 0 Å². The number of hydrogen-bond donors (Lipinski definition) is 6. The summed E-state index contributed by atoms with van der Waals surface area (Å²) in [5, 5.41) is 28.7. The lowest BCUT2D eigenvalue weighted by Crippen LogP contribution is -2.19. The lowest BCUT2D eigenvalue weighted by atomic mass is 9.80. The van der Waals surface area contributed by atoms with Crippen LogP contribution in [-0.4, -0.2) is 39.8 Å². The summed E-state index contributed by atoms with van der Waals surface area (Å²) < 4.78 is 6.96. The molecule has 0 bridgehead atoms. The largest absolute Gasteiger partial charge is 0.493 e. The summed E-state index contributed by atoms with van der Waals surface area (Å²) in [4.78, 5) is 37.8. The van der Waals surface area contributed by atoms with E-state index < -0.39 is 33.7 Å². The van der Waals surface area contributed by atoms with Gasteiger partial charge in [-0.1, -0.05) is 348 Å². The van der Waals surface area contributed by atoms with Crippen molar-refractivity contribution < 1.29 is 34.4 Å². The standard InChI is InChI=1S/C75H138O7S3/c1-4-7-10-13-16-19-22-25-28-31-34-37-40-43-46-49-52-55-58-64-72(66(83)61-69(76)77)65(59-56-53-50-47-44-41-38-35-32-29-26-23-20-17-14-11-8-5-2)74(68(85)63-71(80)81)75(73(64)67(84)62-70(78)79)82-60-57-54-51-48-45-42-39-36-33-30-27-24-21-18-15-12-9-6-3/h66-68,83-85H,4-63H2,1-3H3,(H,76,77)(H,78,79)(H,80,81). The fraction of sp³-hybridized carbons (Fsp3) is 0.880. The number of carboxylic acid groups (broad SMARTS) is 3. The average Bonchev–Trinajstić information content (AvgIpc) is 1.84. The van der Waals surface area contributed by atoms with Gasteiger partial charge in [-0.05, 0) is 48.8 Å². The molecule has 0 fully saturated rings. The molecule has 85 heavy (non-hydrogen) atoms. The van der Waals surface area contributed by atoms with Crippen LogP contribution in [0.2, 0.25) is 0 Å². The van der Waals surface area contributed by atoms with Gasteiger partial charge in [-0.2, -0.15) is 37.9 Å². The molecule has 0 radical (unpaired) electrons. The minimum Gasteiger partial charge on any atom is -0.493 e. The van der Waals surface area contributed by atoms with E-state index >= 15 is 0 Å². The smallest absolute Gasteiger partial charge is 0.304 e. The van der Waals surface area contributed by atoms with Gasteiger partial charge in [0.25, 0.3) is 0 Å². The van der Waals surface area contributed by atoms with E-state index in [4.69, 9.17) is 42.6 Å². The molecule has 7 nitrogen and oxygen atoms in total. The van der Waals surface area contributed by atoms with Gasteiger partial charge in [-0.3, -0.25) is 14.4 Å². The van der Waals surface area contributed by atoms with Gasteiger partial charge in [0.2, 0.25) is 0 Å². The highest BCUT2D eigenvalue weighted by atomic mass is 32.1. The van der Waals surface area contributed by atoms with Crippen molar-refractivity contribution in [2.24, 2.45) is 0 Å². The minimum atomic E-state index is -0.986. The van der Waals surface area contributed by atoms with E-state index in [1.807, 2.05) is 0 Å². The molecule has 3 unspecified atom stereocenters. The SMILES string of the molecule is CCCCCCCCCCCCCCCCCCCCOc1c(C(S)CC(=O)O)c(CCCCCCCCCCCCCCCCCCCC)c(C(S)CC(=O)O)c(CCCCCCCCCCCCCCCCCCCC)c1C(S)CC(=O)O. The van der Waals surface area contributed by atoms with Crippen LogP contribution < -0.4 is 4.74 Å². The summed E-state index contributed by atoms with van der Waals surface area (Å²) in [6.45, 7) is 7.26. The van der Waals surface area contributed by atoms with Crippen molar-refractivity contribution in [1.29, 1.82) is 0 Å². The number of aliphatic carboxylic acids is 3. The van der Waals surface area contributed by atoms with E-state index in [1.165, 1.54) is 289 Å². The van der Waals surface area contributed by atoms with E-state index in [0.29, 0.717) is 36.3 Å². The number of hydrogen-bond acceptors (Lipinski definition) is 7. The van der Waals surface area contributed by atoms with Crippen LogP contribution in [0.3, 0.4) is 0 Å². The maximum Gasteiger partial charge on any atom is 0.304 e. The predicted molar refractivity (Wildman–Crippen MR) is 378 cm³/mol. The monoisotopic (exact) mass is 1250 g/mol. The first-order valence-corrected chi connectivity index (χ1v) is 38.6. The predicted octanol–water partition coefficient (Wildman–Crippen LogP) is 25.6. The van der Waals surface area contributed by atoms with Crippen molar-refractivity contribution >= 4 is 55.8 Å². The van der Waals surface area contributed by atoms with Crippen molar-refractivity contribution in [3.05, 3.63) is 27.8 Å². The molecule has 1 rings (SSSR count). The summed E-state index contributed by atoms with van der Waals surface area (Å²) in [7, 11) is 0. The molecule has 0 saturated heterocycles. The molecule has 0 heterocycles. The number of rotatable bonds is 67. The Balaban J connectivity index is 3.21. The number of thiol groups is 3. The quantitative estimate of drug-likeness (QED) is 0.0284. The number of carboxylic acids is 3. The van der Waals surface area contributed by atoms with Crippen LogP contribution in [0.15, 0.2) is 0 Å². The zero-order valence-corrected chi connectivity index (χ0v) is 58.7. The molecule has 0 amide bonds. The molecule has 1 aromatic rings. The van der Waals surface area contributed by atoms with Crippen LogP contribution in [0.25, 0.3) is 0 Å². The van der Waals surface area contributed by atoms with Crippen molar-refractivity contribution in [3.8, 4) is 5.75 Å². The van der Waals surface area contributed by atoms with Gasteiger partial charge in [0.15, 0.2) is 0 Å². The lowest BCUT2D eigenvalue weighted by Gasteiger charge is -2.32. The van der Waals surface area contributed by atoms with Gasteiger partial charge in [-0.15, -0.1) is 0 Å². The Morgan fingerprint density at radius 1 is 0.282 bits per heavy atom. The first kappa shape index (κ1) is 81.5. The second-order valence-corrected chi connectivity index (χ2v) is 28.1. The Labute approximate surface area is 542 Å². The first-order valence-electron chi connectivity index (χ1n) is 37.0. The summed E-state index contributed by atoms with van der Waals surface area (Å²) in [6.07, 6.45) is 69.7. The molecule has 498 valence electrons. The van der Waals surface area contributed by atoms with E-state index in [-0.39, 0.29) is 19.3 Å². The maximum atomic E-state index is 12.6. The van der Waals surface area contributed by atoms with Crippen LogP contribution in [-0.2, 0) is 27.2 Å². The topological polar surface area (TPSA) is 121 Å². The molecule has 10 heteroatoms. The van der Waals surface area contributed by atoms with Crippen LogP contribution in [0, 0.1) is 0 Å². The van der Waals surface area contributed by atoms with Crippen molar-refractivity contribution in [2.75, 3.05) is 6.61 Å². The van der Waals surface area contributed by atoms with Crippen LogP contribution in [0.5, 0.6) is 5.75 Å². The number of unbranched alkanes of at least 4 members (excludes halogenated alkanes) is 51. The molecule has 0 saturated carbocycles. The second-order valence-electron chi connectivity index (χ2n) is 26.2. The first-order chi connectivity index (χ1) is 41.5. The molecule has 3 N–H and O–H groups in total. The third-order valence-electron chi connectivity index (χ3n) is 18.2. The highest BCUT2D eigenvalue weighted by Crippen LogP contribution is 2.50. The highest BCUT2D eigenvalue weighted by Gasteiger charge is 2.34. The molecule has 0 aliphatic carbocycles. The lowest BCUT2D eigenvalue weighted by molar-refractivity contribution is -0.138. The average molecular weight is 1250 g/mol. The Kier molecular flexibility index (Phi) is 57.6. The molecule has 0 spiro atoms. The zero-order chi connectivity index (χ0) is 62.1. The third-order valence-corrected chi connectivity index (χ3v) is 19.5. The Morgan fingerprint density at radius 3 is 0.659 bits per heavy atom. The number of ether oxygens (including phenoxy) is 1. The summed E-state index contributed by atoms with van der Waals surface area (Å²) in [5.41, 5.74) is 3.96. The highest BCUT2D eigenvalue weighted by molar-refractivity contribution is 7.81. The van der Waals surface area contributed by atoms with Gasteiger partial charge in [0.1, 0.15) is 5.75 Å². The molecule has 0 aromatic heterocycles. The zero-order valence-electron chi connectivity index (χ0n) is 56.0. The Hall–Kier alpha value is -1.52. The molecular formula is C75H138O7S3. The van der Waals surface area contributed by atoms with Crippen LogP contribution >= 0.6 is 37.9 Å². The van der Waals surface area contributed by atoms with Gasteiger partial charge >= 0.3 is 17.9 Å². The van der Waals surface area contributed by atoms with Gasteiger partial charge < -0.3 is 20.1 Å². The molecular weight excluding hydrogens is 1110 g/mol. The van der Waals surface area contributed by atoms with E-state index in [9.17, 15) is 29.7 Å². The number of carbonyl (C=O) groups is 3. The summed E-state index contributed by atoms with van der Waals surface area (Å²) in [5.74, 6) is -2.40. The van der Waals surface area contributed by atoms with E-state index in [0.717, 1.165) is 74.5 Å². The summed E-state index contributed by atoms with van der Waals surface area (Å²) >= 11 is 15.2. The van der Waals surface area contributed by atoms with Crippen molar-refractivity contribution in [1.82, 2.24) is 0 Å². The maximum absolute atomic E-state index is 12.6. The molecule has 1 aromatic carbocycles. The van der Waals surface area contributed by atoms with Crippen molar-refractivity contribution in [3.63, 3.8) is 0 Å². The Morgan fingerprint density at radius 2 is 0.459 bits per heavy atom. The molecule has 3 atom stereocenters. The molecule has 0 aliphatic rings. The van der Waals surface area contributed by atoms with Crippen LogP contribution in [0.4, 0.5) is 0 Å².